The minimum atomic E-state index is -0.287. The molecule has 0 spiro atoms. The van der Waals surface area contributed by atoms with Crippen LogP contribution >= 0.6 is 23.2 Å². The van der Waals surface area contributed by atoms with Crippen molar-refractivity contribution in [3.63, 3.8) is 0 Å². The largest absolute Gasteiger partial charge is 0.322 e. The van der Waals surface area contributed by atoms with Crippen LogP contribution in [-0.4, -0.2) is 18.4 Å². The number of fused-ring (bicyclic) bond motifs is 1. The van der Waals surface area contributed by atoms with Gasteiger partial charge in [0.05, 0.1) is 10.6 Å². The maximum absolute atomic E-state index is 12.4. The fourth-order valence-electron chi connectivity index (χ4n) is 3.13. The number of benzene rings is 2. The Bertz CT molecular complexity index is 878. The van der Waals surface area contributed by atoms with Crippen molar-refractivity contribution in [2.75, 3.05) is 16.8 Å². The highest BCUT2D eigenvalue weighted by molar-refractivity contribution is 6.37. The van der Waals surface area contributed by atoms with Gasteiger partial charge in [-0.05, 0) is 61.2 Å². The van der Waals surface area contributed by atoms with Crippen LogP contribution in [0.15, 0.2) is 36.4 Å². The lowest BCUT2D eigenvalue weighted by atomic mass is 10.1. The van der Waals surface area contributed by atoms with Crippen LogP contribution < -0.4 is 10.2 Å². The van der Waals surface area contributed by atoms with Gasteiger partial charge in [-0.2, -0.15) is 0 Å². The van der Waals surface area contributed by atoms with Crippen LogP contribution in [0.2, 0.25) is 10.0 Å². The molecule has 0 saturated heterocycles. The molecule has 0 unspecified atom stereocenters. The molecule has 0 aromatic heterocycles. The third-order valence-corrected chi connectivity index (χ3v) is 5.15. The van der Waals surface area contributed by atoms with Gasteiger partial charge in [0.25, 0.3) is 5.91 Å². The van der Waals surface area contributed by atoms with Gasteiger partial charge in [0.15, 0.2) is 0 Å². The summed E-state index contributed by atoms with van der Waals surface area (Å²) in [6.45, 7) is 0.713. The average Bonchev–Trinajstić information content (AvgIpc) is 3.34. The number of hydrogen-bond donors (Lipinski definition) is 1. The van der Waals surface area contributed by atoms with Crippen LogP contribution in [0.5, 0.6) is 0 Å². The van der Waals surface area contributed by atoms with Crippen molar-refractivity contribution in [2.24, 2.45) is 5.92 Å². The Balaban J connectivity index is 1.52. The van der Waals surface area contributed by atoms with E-state index in [0.29, 0.717) is 27.8 Å². The predicted molar refractivity (Wildman–Crippen MR) is 99.6 cm³/mol. The van der Waals surface area contributed by atoms with Crippen LogP contribution in [0.25, 0.3) is 0 Å². The van der Waals surface area contributed by atoms with E-state index in [9.17, 15) is 9.59 Å². The standard InChI is InChI=1S/C19H16Cl2N2O2/c20-13-3-5-15(16(21)10-13)18(24)22-14-4-6-17-12(9-14)7-8-23(17)19(25)11-1-2-11/h3-6,9-11H,1-2,7-8H2,(H,22,24). The quantitative estimate of drug-likeness (QED) is 0.856. The van der Waals surface area contributed by atoms with Crippen molar-refractivity contribution in [2.45, 2.75) is 19.3 Å². The first-order valence-corrected chi connectivity index (χ1v) is 8.99. The molecular weight excluding hydrogens is 359 g/mol. The minimum absolute atomic E-state index is 0.206. The van der Waals surface area contributed by atoms with Gasteiger partial charge < -0.3 is 10.2 Å². The normalized spacial score (nSPS) is 15.8. The molecule has 0 atom stereocenters. The monoisotopic (exact) mass is 374 g/mol. The van der Waals surface area contributed by atoms with Crippen molar-refractivity contribution in [1.82, 2.24) is 0 Å². The highest BCUT2D eigenvalue weighted by Crippen LogP contribution is 2.37. The topological polar surface area (TPSA) is 49.4 Å². The Morgan fingerprint density at radius 1 is 1.08 bits per heavy atom. The van der Waals surface area contributed by atoms with Gasteiger partial charge in [0, 0.05) is 28.9 Å². The molecule has 2 amide bonds. The van der Waals surface area contributed by atoms with Gasteiger partial charge in [0.1, 0.15) is 0 Å². The van der Waals surface area contributed by atoms with E-state index in [0.717, 1.165) is 30.5 Å². The molecule has 2 aromatic rings. The van der Waals surface area contributed by atoms with Gasteiger partial charge >= 0.3 is 0 Å². The lowest BCUT2D eigenvalue weighted by Crippen LogP contribution is -2.30. The minimum Gasteiger partial charge on any atom is -0.322 e. The Morgan fingerprint density at radius 3 is 2.60 bits per heavy atom. The number of nitrogens with zero attached hydrogens (tertiary/aromatic N) is 1. The van der Waals surface area contributed by atoms with E-state index in [4.69, 9.17) is 23.2 Å². The van der Waals surface area contributed by atoms with Crippen molar-refractivity contribution in [1.29, 1.82) is 0 Å². The summed E-state index contributed by atoms with van der Waals surface area (Å²) < 4.78 is 0. The summed E-state index contributed by atoms with van der Waals surface area (Å²) in [6, 6.07) is 10.4. The number of rotatable bonds is 3. The smallest absolute Gasteiger partial charge is 0.257 e. The van der Waals surface area contributed by atoms with E-state index in [1.807, 2.05) is 23.1 Å². The van der Waals surface area contributed by atoms with Gasteiger partial charge in [-0.1, -0.05) is 23.2 Å². The first-order valence-electron chi connectivity index (χ1n) is 8.23. The zero-order valence-corrected chi connectivity index (χ0v) is 14.9. The molecule has 6 heteroatoms. The summed E-state index contributed by atoms with van der Waals surface area (Å²) in [5.41, 5.74) is 3.10. The summed E-state index contributed by atoms with van der Waals surface area (Å²) in [5.74, 6) is 0.145. The zero-order chi connectivity index (χ0) is 17.6. The third kappa shape index (κ3) is 3.24. The molecule has 1 aliphatic heterocycles. The fraction of sp³-hybridized carbons (Fsp3) is 0.263. The molecule has 128 valence electrons. The average molecular weight is 375 g/mol. The van der Waals surface area contributed by atoms with Crippen LogP contribution in [0, 0.1) is 5.92 Å². The number of hydrogen-bond acceptors (Lipinski definition) is 2. The van der Waals surface area contributed by atoms with E-state index in [-0.39, 0.29) is 17.7 Å². The molecule has 1 N–H and O–H groups in total. The van der Waals surface area contributed by atoms with Gasteiger partial charge in [0.2, 0.25) is 5.91 Å². The Morgan fingerprint density at radius 2 is 1.88 bits per heavy atom. The highest BCUT2D eigenvalue weighted by atomic mass is 35.5. The van der Waals surface area contributed by atoms with Crippen molar-refractivity contribution in [3.05, 3.63) is 57.6 Å². The summed E-state index contributed by atoms with van der Waals surface area (Å²) in [7, 11) is 0. The molecule has 1 fully saturated rings. The molecule has 1 aliphatic carbocycles. The SMILES string of the molecule is O=C(Nc1ccc2c(c1)CCN2C(=O)C1CC1)c1ccc(Cl)cc1Cl. The lowest BCUT2D eigenvalue weighted by molar-refractivity contribution is -0.119. The van der Waals surface area contributed by atoms with Gasteiger partial charge in [-0.3, -0.25) is 9.59 Å². The first-order chi connectivity index (χ1) is 12.0. The fourth-order valence-corrected chi connectivity index (χ4v) is 3.63. The van der Waals surface area contributed by atoms with E-state index in [1.54, 1.807) is 18.2 Å². The van der Waals surface area contributed by atoms with Crippen LogP contribution in [-0.2, 0) is 11.2 Å². The first kappa shape index (κ1) is 16.4. The maximum Gasteiger partial charge on any atom is 0.257 e. The lowest BCUT2D eigenvalue weighted by Gasteiger charge is -2.17. The summed E-state index contributed by atoms with van der Waals surface area (Å²) in [5, 5.41) is 3.66. The molecular formula is C19H16Cl2N2O2. The molecule has 2 aromatic carbocycles. The Kier molecular flexibility index (Phi) is 4.18. The van der Waals surface area contributed by atoms with Crippen molar-refractivity contribution in [3.8, 4) is 0 Å². The van der Waals surface area contributed by atoms with E-state index in [2.05, 4.69) is 5.32 Å². The highest BCUT2D eigenvalue weighted by Gasteiger charge is 2.36. The summed E-state index contributed by atoms with van der Waals surface area (Å²) >= 11 is 11.9. The molecule has 1 saturated carbocycles. The number of halogens is 2. The number of carbonyl (C=O) groups is 2. The number of nitrogens with one attached hydrogen (secondary N) is 1. The van der Waals surface area contributed by atoms with Gasteiger partial charge in [-0.15, -0.1) is 0 Å². The summed E-state index contributed by atoms with van der Waals surface area (Å²) in [6.07, 6.45) is 2.81. The number of amides is 2. The molecule has 4 rings (SSSR count). The van der Waals surface area contributed by atoms with E-state index < -0.39 is 0 Å². The predicted octanol–water partition coefficient (Wildman–Crippen LogP) is 4.54. The Hall–Kier alpha value is -2.04. The molecule has 1 heterocycles. The third-order valence-electron chi connectivity index (χ3n) is 4.60. The zero-order valence-electron chi connectivity index (χ0n) is 13.4. The second kappa shape index (κ2) is 6.36. The number of anilines is 2. The Labute approximate surface area is 155 Å². The molecule has 4 nitrogen and oxygen atoms in total. The van der Waals surface area contributed by atoms with Crippen LogP contribution in [0.4, 0.5) is 11.4 Å². The summed E-state index contributed by atoms with van der Waals surface area (Å²) in [4.78, 5) is 26.6. The van der Waals surface area contributed by atoms with E-state index >= 15 is 0 Å². The van der Waals surface area contributed by atoms with Gasteiger partial charge in [-0.25, -0.2) is 0 Å². The second-order valence-corrected chi connectivity index (χ2v) is 7.28. The van der Waals surface area contributed by atoms with Crippen molar-refractivity contribution < 1.29 is 9.59 Å². The second-order valence-electron chi connectivity index (χ2n) is 6.44. The van der Waals surface area contributed by atoms with Crippen LogP contribution in [0.3, 0.4) is 0 Å². The maximum atomic E-state index is 12.4. The molecule has 0 radical (unpaired) electrons. The van der Waals surface area contributed by atoms with E-state index in [1.165, 1.54) is 0 Å². The molecule has 2 aliphatic rings. The molecule has 25 heavy (non-hydrogen) atoms. The number of carbonyl (C=O) groups excluding carboxylic acids is 2. The van der Waals surface area contributed by atoms with Crippen LogP contribution in [0.1, 0.15) is 28.8 Å². The molecule has 0 bridgehead atoms. The van der Waals surface area contributed by atoms with Crippen molar-refractivity contribution >= 4 is 46.4 Å².